The summed E-state index contributed by atoms with van der Waals surface area (Å²) in [6, 6.07) is 0. The number of nitrogens with zero attached hydrogens (tertiary/aromatic N) is 2. The van der Waals surface area contributed by atoms with Crippen LogP contribution < -0.4 is 10.6 Å². The first-order chi connectivity index (χ1) is 14.5. The second-order valence-electron chi connectivity index (χ2n) is 9.68. The van der Waals surface area contributed by atoms with Crippen LogP contribution >= 0.6 is 0 Å². The van der Waals surface area contributed by atoms with Gasteiger partial charge in [0.05, 0.1) is 6.54 Å². The van der Waals surface area contributed by atoms with E-state index >= 15 is 0 Å². The number of allylic oxidation sites excluding steroid dienone is 1. The van der Waals surface area contributed by atoms with Gasteiger partial charge in [-0.25, -0.2) is 4.79 Å². The molecular formula is C24H32N4O2. The van der Waals surface area contributed by atoms with E-state index in [1.165, 1.54) is 5.57 Å². The lowest BCUT2D eigenvalue weighted by Gasteiger charge is -2.62. The van der Waals surface area contributed by atoms with Gasteiger partial charge < -0.3 is 20.6 Å². The van der Waals surface area contributed by atoms with Gasteiger partial charge in [-0.3, -0.25) is 4.99 Å². The summed E-state index contributed by atoms with van der Waals surface area (Å²) in [5.41, 5.74) is 1.84. The van der Waals surface area contributed by atoms with Crippen LogP contribution in [0.5, 0.6) is 0 Å². The largest absolute Gasteiger partial charge is 0.478 e. The molecular weight excluding hydrogens is 376 g/mol. The SMILES string of the molecule is CN=C1NCC#C[C@@H]2C[C@@H](C)[C@@]34CCC(C(=O)O)=C3C[C@@H]2[C@@]42CN1C=C[C@H]2CNC. The van der Waals surface area contributed by atoms with E-state index in [1.54, 1.807) is 0 Å². The number of hydrogen-bond acceptors (Lipinski definition) is 3. The van der Waals surface area contributed by atoms with E-state index in [9.17, 15) is 9.90 Å². The van der Waals surface area contributed by atoms with Crippen molar-refractivity contribution < 1.29 is 9.90 Å². The van der Waals surface area contributed by atoms with Crippen LogP contribution in [0.25, 0.3) is 0 Å². The van der Waals surface area contributed by atoms with Crippen molar-refractivity contribution in [1.82, 2.24) is 15.5 Å². The standard InChI is InChI=1S/C24H32N4O2/c1-15-11-16-5-4-9-27-22(26-3)28-10-7-17(13-25-2)24(14-28)19(16)12-20-18(21(29)30)6-8-23(15,20)24/h7,10,15-17,19,25H,6,8-9,11-14H2,1-3H3,(H,26,27)(H,29,30)/t15-,16-,17+,19+,23+,24+/m1/s1. The van der Waals surface area contributed by atoms with E-state index in [-0.39, 0.29) is 10.8 Å². The van der Waals surface area contributed by atoms with E-state index < -0.39 is 5.97 Å². The molecule has 0 aromatic rings. The fourth-order valence-electron chi connectivity index (χ4n) is 8.02. The van der Waals surface area contributed by atoms with Gasteiger partial charge in [-0.1, -0.05) is 30.4 Å². The minimum Gasteiger partial charge on any atom is -0.478 e. The Kier molecular flexibility index (Phi) is 4.52. The average molecular weight is 409 g/mol. The number of aliphatic carboxylic acids is 1. The van der Waals surface area contributed by atoms with Gasteiger partial charge in [-0.2, -0.15) is 0 Å². The third-order valence-electron chi connectivity index (χ3n) is 8.90. The van der Waals surface area contributed by atoms with Gasteiger partial charge in [-0.15, -0.1) is 0 Å². The first-order valence-corrected chi connectivity index (χ1v) is 11.2. The molecule has 6 heteroatoms. The van der Waals surface area contributed by atoms with Crippen LogP contribution in [-0.2, 0) is 4.79 Å². The van der Waals surface area contributed by atoms with Gasteiger partial charge in [0.1, 0.15) is 0 Å². The second kappa shape index (κ2) is 6.88. The Hall–Kier alpha value is -2.26. The zero-order chi connectivity index (χ0) is 21.1. The Morgan fingerprint density at radius 1 is 1.50 bits per heavy atom. The molecule has 6 nitrogen and oxygen atoms in total. The number of hydrogen-bond donors (Lipinski definition) is 3. The van der Waals surface area contributed by atoms with E-state index in [0.29, 0.717) is 42.2 Å². The summed E-state index contributed by atoms with van der Waals surface area (Å²) in [7, 11) is 3.85. The quantitative estimate of drug-likeness (QED) is 0.623. The Balaban J connectivity index is 1.79. The van der Waals surface area contributed by atoms with Gasteiger partial charge in [-0.05, 0) is 50.5 Å². The van der Waals surface area contributed by atoms with Crippen LogP contribution in [0.2, 0.25) is 0 Å². The molecule has 0 radical (unpaired) electrons. The molecule has 0 unspecified atom stereocenters. The lowest BCUT2D eigenvalue weighted by Crippen LogP contribution is -2.63. The van der Waals surface area contributed by atoms with Gasteiger partial charge in [0.2, 0.25) is 0 Å². The highest BCUT2D eigenvalue weighted by molar-refractivity contribution is 5.89. The Morgan fingerprint density at radius 3 is 3.07 bits per heavy atom. The molecule has 2 spiro atoms. The molecule has 6 atom stereocenters. The maximum Gasteiger partial charge on any atom is 0.331 e. The summed E-state index contributed by atoms with van der Waals surface area (Å²) in [6.45, 7) is 4.73. The second-order valence-corrected chi connectivity index (χ2v) is 9.68. The Morgan fingerprint density at radius 2 is 2.33 bits per heavy atom. The summed E-state index contributed by atoms with van der Waals surface area (Å²) >= 11 is 0. The van der Waals surface area contributed by atoms with Crippen molar-refractivity contribution >= 4 is 11.9 Å². The number of carboxylic acids is 1. The molecule has 3 aliphatic carbocycles. The molecule has 160 valence electrons. The molecule has 5 bridgehead atoms. The van der Waals surface area contributed by atoms with Crippen LogP contribution in [-0.4, -0.2) is 55.7 Å². The van der Waals surface area contributed by atoms with Gasteiger partial charge in [0, 0.05) is 48.7 Å². The minimum atomic E-state index is -0.713. The maximum atomic E-state index is 12.2. The average Bonchev–Trinajstić information content (AvgIpc) is 3.19. The smallest absolute Gasteiger partial charge is 0.331 e. The highest BCUT2D eigenvalue weighted by Gasteiger charge is 2.73. The summed E-state index contributed by atoms with van der Waals surface area (Å²) in [5, 5.41) is 16.9. The third kappa shape index (κ3) is 2.30. The van der Waals surface area contributed by atoms with E-state index in [2.05, 4.69) is 51.6 Å². The first kappa shape index (κ1) is 19.7. The lowest BCUT2D eigenvalue weighted by atomic mass is 9.44. The number of guanidine groups is 1. The molecule has 2 saturated carbocycles. The Labute approximate surface area is 178 Å². The topological polar surface area (TPSA) is 77.0 Å². The summed E-state index contributed by atoms with van der Waals surface area (Å²) in [6.07, 6.45) is 8.14. The molecule has 2 heterocycles. The van der Waals surface area contributed by atoms with Crippen LogP contribution in [0.1, 0.15) is 32.6 Å². The first-order valence-electron chi connectivity index (χ1n) is 11.2. The molecule has 0 aromatic carbocycles. The van der Waals surface area contributed by atoms with Crippen molar-refractivity contribution in [3.05, 3.63) is 23.4 Å². The lowest BCUT2D eigenvalue weighted by molar-refractivity contribution is -0.132. The van der Waals surface area contributed by atoms with Crippen LogP contribution in [0.3, 0.4) is 0 Å². The minimum absolute atomic E-state index is 0.0384. The fourth-order valence-corrected chi connectivity index (χ4v) is 8.02. The molecule has 3 N–H and O–H groups in total. The number of rotatable bonds is 3. The van der Waals surface area contributed by atoms with E-state index in [4.69, 9.17) is 0 Å². The van der Waals surface area contributed by atoms with Gasteiger partial charge in [0.25, 0.3) is 0 Å². The van der Waals surface area contributed by atoms with Crippen molar-refractivity contribution in [2.24, 2.45) is 39.5 Å². The molecule has 0 aromatic heterocycles. The maximum absolute atomic E-state index is 12.2. The Bertz CT molecular complexity index is 925. The van der Waals surface area contributed by atoms with Gasteiger partial charge >= 0.3 is 5.97 Å². The molecule has 5 aliphatic rings. The van der Waals surface area contributed by atoms with Gasteiger partial charge in [0.15, 0.2) is 5.96 Å². The fraction of sp³-hybridized carbons (Fsp3) is 0.667. The molecule has 2 fully saturated rings. The number of aliphatic imine (C=N–C) groups is 1. The third-order valence-corrected chi connectivity index (χ3v) is 8.90. The summed E-state index contributed by atoms with van der Waals surface area (Å²) < 4.78 is 0. The molecule has 0 saturated heterocycles. The van der Waals surface area contributed by atoms with Crippen molar-refractivity contribution in [1.29, 1.82) is 0 Å². The van der Waals surface area contributed by atoms with Crippen LogP contribution in [0.4, 0.5) is 0 Å². The molecule has 0 amide bonds. The monoisotopic (exact) mass is 408 g/mol. The predicted octanol–water partition coefficient (Wildman–Crippen LogP) is 2.07. The summed E-state index contributed by atoms with van der Waals surface area (Å²) in [4.78, 5) is 19.0. The number of carboxylic acid groups (broad SMARTS) is 1. The van der Waals surface area contributed by atoms with Crippen molar-refractivity contribution in [3.63, 3.8) is 0 Å². The van der Waals surface area contributed by atoms with Crippen molar-refractivity contribution in [3.8, 4) is 11.8 Å². The number of nitrogens with one attached hydrogen (secondary N) is 2. The van der Waals surface area contributed by atoms with E-state index in [1.807, 2.05) is 14.1 Å². The summed E-state index contributed by atoms with van der Waals surface area (Å²) in [5.74, 6) is 8.59. The molecule has 30 heavy (non-hydrogen) atoms. The van der Waals surface area contributed by atoms with E-state index in [0.717, 1.165) is 38.3 Å². The van der Waals surface area contributed by atoms with Crippen LogP contribution in [0.15, 0.2) is 28.4 Å². The molecule has 5 rings (SSSR count). The highest BCUT2D eigenvalue weighted by Crippen LogP contribution is 2.76. The normalized spacial score (nSPS) is 42.5. The number of carbonyl (C=O) groups is 1. The van der Waals surface area contributed by atoms with Crippen LogP contribution in [0, 0.1) is 46.3 Å². The predicted molar refractivity (Wildman–Crippen MR) is 117 cm³/mol. The zero-order valence-electron chi connectivity index (χ0n) is 18.2. The van der Waals surface area contributed by atoms with Crippen molar-refractivity contribution in [2.45, 2.75) is 32.6 Å². The molecule has 2 aliphatic heterocycles. The highest BCUT2D eigenvalue weighted by atomic mass is 16.4. The zero-order valence-corrected chi connectivity index (χ0v) is 18.2. The van der Waals surface area contributed by atoms with Crippen molar-refractivity contribution in [2.75, 3.05) is 33.7 Å². The number of fused-ring (bicyclic) bond motifs is 1.